The summed E-state index contributed by atoms with van der Waals surface area (Å²) < 4.78 is 43.3. The van der Waals surface area contributed by atoms with Crippen LogP contribution in [0, 0.1) is 0 Å². The standard InChI is InChI=1S/C18H13F3N2O2/c19-18(20,21)14-8-4-7-13(9-14)17(24)22-11-15-10-16(25-23-15)12-5-2-1-3-6-12/h1-10H,11H2,(H,22,24). The molecule has 1 N–H and O–H groups in total. The van der Waals surface area contributed by atoms with Gasteiger partial charge < -0.3 is 9.84 Å². The Morgan fingerprint density at radius 1 is 1.04 bits per heavy atom. The Bertz CT molecular complexity index is 873. The fourth-order valence-electron chi connectivity index (χ4n) is 2.24. The third-order valence-electron chi connectivity index (χ3n) is 3.50. The van der Waals surface area contributed by atoms with Crippen molar-refractivity contribution in [1.82, 2.24) is 10.5 Å². The molecular weight excluding hydrogens is 333 g/mol. The summed E-state index contributed by atoms with van der Waals surface area (Å²) in [6, 6.07) is 15.2. The quantitative estimate of drug-likeness (QED) is 0.767. The molecule has 0 spiro atoms. The number of halogens is 3. The first-order valence-corrected chi connectivity index (χ1v) is 7.40. The van der Waals surface area contributed by atoms with Gasteiger partial charge in [0, 0.05) is 17.2 Å². The average molecular weight is 346 g/mol. The van der Waals surface area contributed by atoms with Crippen molar-refractivity contribution in [3.8, 4) is 11.3 Å². The van der Waals surface area contributed by atoms with Gasteiger partial charge in [-0.1, -0.05) is 41.6 Å². The molecule has 0 fully saturated rings. The lowest BCUT2D eigenvalue weighted by atomic mass is 10.1. The Labute approximate surface area is 141 Å². The summed E-state index contributed by atoms with van der Waals surface area (Å²) in [5, 5.41) is 6.38. The monoisotopic (exact) mass is 346 g/mol. The summed E-state index contributed by atoms with van der Waals surface area (Å²) >= 11 is 0. The largest absolute Gasteiger partial charge is 0.416 e. The van der Waals surface area contributed by atoms with Gasteiger partial charge in [-0.3, -0.25) is 4.79 Å². The maximum absolute atomic E-state index is 12.7. The van der Waals surface area contributed by atoms with Gasteiger partial charge in [-0.2, -0.15) is 13.2 Å². The molecule has 4 nitrogen and oxygen atoms in total. The van der Waals surface area contributed by atoms with Crippen LogP contribution in [0.3, 0.4) is 0 Å². The zero-order valence-electron chi connectivity index (χ0n) is 12.9. The first-order valence-electron chi connectivity index (χ1n) is 7.40. The fraction of sp³-hybridized carbons (Fsp3) is 0.111. The Hall–Kier alpha value is -3.09. The molecule has 25 heavy (non-hydrogen) atoms. The lowest BCUT2D eigenvalue weighted by Crippen LogP contribution is -2.23. The molecule has 0 bridgehead atoms. The van der Waals surface area contributed by atoms with E-state index in [2.05, 4.69) is 10.5 Å². The highest BCUT2D eigenvalue weighted by molar-refractivity contribution is 5.94. The van der Waals surface area contributed by atoms with Crippen LogP contribution in [0.15, 0.2) is 65.2 Å². The molecule has 1 aromatic heterocycles. The van der Waals surface area contributed by atoms with Gasteiger partial charge in [-0.05, 0) is 18.2 Å². The molecule has 0 atom stereocenters. The van der Waals surface area contributed by atoms with Crippen LogP contribution in [0.5, 0.6) is 0 Å². The van der Waals surface area contributed by atoms with Crippen LogP contribution < -0.4 is 5.32 Å². The van der Waals surface area contributed by atoms with E-state index in [1.54, 1.807) is 6.07 Å². The first-order chi connectivity index (χ1) is 11.9. The van der Waals surface area contributed by atoms with Gasteiger partial charge in [0.15, 0.2) is 5.76 Å². The average Bonchev–Trinajstić information content (AvgIpc) is 3.09. The van der Waals surface area contributed by atoms with E-state index in [9.17, 15) is 18.0 Å². The van der Waals surface area contributed by atoms with Gasteiger partial charge in [-0.15, -0.1) is 0 Å². The molecular formula is C18H13F3N2O2. The maximum Gasteiger partial charge on any atom is 0.416 e. The SMILES string of the molecule is O=C(NCc1cc(-c2ccccc2)on1)c1cccc(C(F)(F)F)c1. The fourth-order valence-corrected chi connectivity index (χ4v) is 2.24. The van der Waals surface area contributed by atoms with Crippen LogP contribution in [0.25, 0.3) is 11.3 Å². The second-order valence-electron chi connectivity index (χ2n) is 5.31. The maximum atomic E-state index is 12.7. The lowest BCUT2D eigenvalue weighted by molar-refractivity contribution is -0.137. The number of nitrogens with one attached hydrogen (secondary N) is 1. The van der Waals surface area contributed by atoms with Gasteiger partial charge in [0.25, 0.3) is 5.91 Å². The highest BCUT2D eigenvalue weighted by Crippen LogP contribution is 2.29. The Kier molecular flexibility index (Phi) is 4.56. The minimum absolute atomic E-state index is 0.0470. The number of hydrogen-bond acceptors (Lipinski definition) is 3. The Morgan fingerprint density at radius 2 is 1.80 bits per heavy atom. The number of aromatic nitrogens is 1. The van der Waals surface area contributed by atoms with Crippen molar-refractivity contribution >= 4 is 5.91 Å². The van der Waals surface area contributed by atoms with E-state index in [0.717, 1.165) is 17.7 Å². The summed E-state index contributed by atoms with van der Waals surface area (Å²) in [6.07, 6.45) is -4.49. The number of nitrogens with zero attached hydrogens (tertiary/aromatic N) is 1. The number of carbonyl (C=O) groups excluding carboxylic acids is 1. The normalized spacial score (nSPS) is 11.3. The summed E-state index contributed by atoms with van der Waals surface area (Å²) in [7, 11) is 0. The molecule has 7 heteroatoms. The predicted octanol–water partition coefficient (Wildman–Crippen LogP) is 4.29. The molecule has 3 rings (SSSR count). The van der Waals surface area contributed by atoms with E-state index in [0.29, 0.717) is 11.5 Å². The summed E-state index contributed by atoms with van der Waals surface area (Å²) in [5.41, 5.74) is 0.374. The van der Waals surface area contributed by atoms with Crippen molar-refractivity contribution < 1.29 is 22.5 Å². The zero-order valence-corrected chi connectivity index (χ0v) is 12.9. The lowest BCUT2D eigenvalue weighted by Gasteiger charge is -2.08. The molecule has 128 valence electrons. The number of alkyl halides is 3. The van der Waals surface area contributed by atoms with E-state index < -0.39 is 17.6 Å². The van der Waals surface area contributed by atoms with Crippen molar-refractivity contribution in [3.05, 3.63) is 77.5 Å². The molecule has 1 amide bonds. The highest BCUT2D eigenvalue weighted by atomic mass is 19.4. The summed E-state index contributed by atoms with van der Waals surface area (Å²) in [6.45, 7) is 0.0470. The summed E-state index contributed by atoms with van der Waals surface area (Å²) in [5.74, 6) is -0.0701. The van der Waals surface area contributed by atoms with Gasteiger partial charge in [0.1, 0.15) is 5.69 Å². The number of amides is 1. The van der Waals surface area contributed by atoms with Crippen LogP contribution in [0.1, 0.15) is 21.6 Å². The Balaban J connectivity index is 1.66. The van der Waals surface area contributed by atoms with E-state index in [-0.39, 0.29) is 12.1 Å². The van der Waals surface area contributed by atoms with E-state index >= 15 is 0 Å². The van der Waals surface area contributed by atoms with Crippen LogP contribution in [-0.2, 0) is 12.7 Å². The second-order valence-corrected chi connectivity index (χ2v) is 5.31. The molecule has 0 saturated heterocycles. The minimum atomic E-state index is -4.49. The van der Waals surface area contributed by atoms with Crippen LogP contribution >= 0.6 is 0 Å². The third kappa shape index (κ3) is 4.06. The molecule has 0 saturated carbocycles. The second kappa shape index (κ2) is 6.80. The number of hydrogen-bond donors (Lipinski definition) is 1. The smallest absolute Gasteiger partial charge is 0.356 e. The number of rotatable bonds is 4. The number of benzene rings is 2. The first kappa shape index (κ1) is 16.8. The van der Waals surface area contributed by atoms with Crippen molar-refractivity contribution in [2.75, 3.05) is 0 Å². The summed E-state index contributed by atoms with van der Waals surface area (Å²) in [4.78, 5) is 12.0. The van der Waals surface area contributed by atoms with E-state index in [4.69, 9.17) is 4.52 Å². The molecule has 0 aliphatic heterocycles. The van der Waals surface area contributed by atoms with E-state index in [1.807, 2.05) is 30.3 Å². The minimum Gasteiger partial charge on any atom is -0.356 e. The molecule has 0 aliphatic carbocycles. The van der Waals surface area contributed by atoms with Crippen LogP contribution in [0.2, 0.25) is 0 Å². The molecule has 0 aliphatic rings. The molecule has 0 unspecified atom stereocenters. The van der Waals surface area contributed by atoms with Gasteiger partial charge in [0.2, 0.25) is 0 Å². The van der Waals surface area contributed by atoms with Crippen molar-refractivity contribution in [2.45, 2.75) is 12.7 Å². The third-order valence-corrected chi connectivity index (χ3v) is 3.50. The van der Waals surface area contributed by atoms with Crippen molar-refractivity contribution in [2.24, 2.45) is 0 Å². The molecule has 3 aromatic rings. The van der Waals surface area contributed by atoms with E-state index in [1.165, 1.54) is 12.1 Å². The molecule has 2 aromatic carbocycles. The highest BCUT2D eigenvalue weighted by Gasteiger charge is 2.30. The topological polar surface area (TPSA) is 55.1 Å². The van der Waals surface area contributed by atoms with Crippen molar-refractivity contribution in [3.63, 3.8) is 0 Å². The Morgan fingerprint density at radius 3 is 2.52 bits per heavy atom. The van der Waals surface area contributed by atoms with Crippen LogP contribution in [-0.4, -0.2) is 11.1 Å². The van der Waals surface area contributed by atoms with Gasteiger partial charge in [0.05, 0.1) is 12.1 Å². The molecule has 1 heterocycles. The van der Waals surface area contributed by atoms with Gasteiger partial charge in [-0.25, -0.2) is 0 Å². The van der Waals surface area contributed by atoms with Gasteiger partial charge >= 0.3 is 6.18 Å². The zero-order chi connectivity index (χ0) is 17.9. The predicted molar refractivity (Wildman–Crippen MR) is 84.6 cm³/mol. The van der Waals surface area contributed by atoms with Crippen molar-refractivity contribution in [1.29, 1.82) is 0 Å². The number of carbonyl (C=O) groups is 1. The molecule has 0 radical (unpaired) electrons. The van der Waals surface area contributed by atoms with Crippen LogP contribution in [0.4, 0.5) is 13.2 Å².